The first-order chi connectivity index (χ1) is 9.28. The van der Waals surface area contributed by atoms with Crippen LogP contribution in [-0.2, 0) is 10.0 Å². The van der Waals surface area contributed by atoms with Crippen molar-refractivity contribution in [1.29, 1.82) is 0 Å². The molecule has 6 heteroatoms. The minimum Gasteiger partial charge on any atom is -0.280 e. The Morgan fingerprint density at radius 2 is 1.65 bits per heavy atom. The number of hydrogen-bond acceptors (Lipinski definition) is 2. The first-order valence-electron chi connectivity index (χ1n) is 5.84. The molecule has 0 fully saturated rings. The first kappa shape index (κ1) is 15.4. The van der Waals surface area contributed by atoms with Gasteiger partial charge in [-0.2, -0.15) is 0 Å². The van der Waals surface area contributed by atoms with Gasteiger partial charge in [-0.05, 0) is 71.2 Å². The average molecular weight is 375 g/mol. The molecule has 0 unspecified atom stereocenters. The predicted molar refractivity (Wildman–Crippen MR) is 85.9 cm³/mol. The number of hydrogen-bond donors (Lipinski definition) is 1. The molecule has 0 aromatic heterocycles. The van der Waals surface area contributed by atoms with Crippen LogP contribution in [0.25, 0.3) is 0 Å². The van der Waals surface area contributed by atoms with E-state index in [2.05, 4.69) is 20.7 Å². The Morgan fingerprint density at radius 1 is 1.05 bits per heavy atom. The Hall–Kier alpha value is -1.04. The summed E-state index contributed by atoms with van der Waals surface area (Å²) >= 11 is 9.09. The van der Waals surface area contributed by atoms with Crippen molar-refractivity contribution in [3.05, 3.63) is 57.0 Å². The molecular formula is C14H13BrClNO2S. The molecule has 0 atom stereocenters. The van der Waals surface area contributed by atoms with Crippen LogP contribution in [0.4, 0.5) is 5.69 Å². The van der Waals surface area contributed by atoms with Crippen LogP contribution < -0.4 is 4.72 Å². The smallest absolute Gasteiger partial charge is 0.261 e. The van der Waals surface area contributed by atoms with Crippen LogP contribution in [0.5, 0.6) is 0 Å². The Bertz CT molecular complexity index is 740. The Morgan fingerprint density at radius 3 is 2.20 bits per heavy atom. The molecule has 0 aliphatic rings. The van der Waals surface area contributed by atoms with E-state index in [0.29, 0.717) is 15.2 Å². The van der Waals surface area contributed by atoms with Crippen molar-refractivity contribution in [2.24, 2.45) is 0 Å². The van der Waals surface area contributed by atoms with Crippen molar-refractivity contribution in [2.45, 2.75) is 18.7 Å². The number of nitrogens with one attached hydrogen (secondary N) is 1. The van der Waals surface area contributed by atoms with E-state index in [0.717, 1.165) is 11.1 Å². The molecule has 0 amide bonds. The molecular weight excluding hydrogens is 362 g/mol. The number of rotatable bonds is 3. The topological polar surface area (TPSA) is 46.2 Å². The van der Waals surface area contributed by atoms with E-state index in [1.807, 2.05) is 19.9 Å². The highest BCUT2D eigenvalue weighted by atomic mass is 79.9. The van der Waals surface area contributed by atoms with E-state index >= 15 is 0 Å². The van der Waals surface area contributed by atoms with Gasteiger partial charge >= 0.3 is 0 Å². The third-order valence-corrected chi connectivity index (χ3v) is 5.27. The Labute approximate surface area is 132 Å². The molecule has 106 valence electrons. The number of sulfonamides is 1. The van der Waals surface area contributed by atoms with Gasteiger partial charge in [-0.3, -0.25) is 4.72 Å². The average Bonchev–Trinajstić information content (AvgIpc) is 2.30. The highest BCUT2D eigenvalue weighted by Gasteiger charge is 2.15. The van der Waals surface area contributed by atoms with Crippen LogP contribution in [0, 0.1) is 13.8 Å². The zero-order valence-electron chi connectivity index (χ0n) is 10.9. The predicted octanol–water partition coefficient (Wildman–Crippen LogP) is 4.52. The number of halogens is 2. The molecule has 0 aliphatic heterocycles. The van der Waals surface area contributed by atoms with Gasteiger partial charge in [-0.15, -0.1) is 0 Å². The van der Waals surface area contributed by atoms with Crippen molar-refractivity contribution >= 4 is 43.2 Å². The SMILES string of the molecule is Cc1cc(C)cc(NS(=O)(=O)c2ccc(Cl)c(Br)c2)c1. The summed E-state index contributed by atoms with van der Waals surface area (Å²) in [4.78, 5) is 0.160. The molecule has 0 spiro atoms. The molecule has 0 aliphatic carbocycles. The van der Waals surface area contributed by atoms with Crippen LogP contribution in [0.2, 0.25) is 5.02 Å². The summed E-state index contributed by atoms with van der Waals surface area (Å²) in [7, 11) is -3.62. The fourth-order valence-corrected chi connectivity index (χ4v) is 3.61. The lowest BCUT2D eigenvalue weighted by molar-refractivity contribution is 0.601. The second kappa shape index (κ2) is 5.76. The lowest BCUT2D eigenvalue weighted by Gasteiger charge is -2.10. The van der Waals surface area contributed by atoms with Crippen molar-refractivity contribution in [1.82, 2.24) is 0 Å². The Balaban J connectivity index is 2.37. The molecule has 1 N–H and O–H groups in total. The fraction of sp³-hybridized carbons (Fsp3) is 0.143. The highest BCUT2D eigenvalue weighted by molar-refractivity contribution is 9.10. The van der Waals surface area contributed by atoms with E-state index in [1.165, 1.54) is 12.1 Å². The number of benzene rings is 2. The van der Waals surface area contributed by atoms with Crippen LogP contribution in [0.1, 0.15) is 11.1 Å². The largest absolute Gasteiger partial charge is 0.280 e. The van der Waals surface area contributed by atoms with Gasteiger partial charge in [0.05, 0.1) is 9.92 Å². The maximum absolute atomic E-state index is 12.3. The molecule has 0 bridgehead atoms. The summed E-state index contributed by atoms with van der Waals surface area (Å²) in [5.74, 6) is 0. The molecule has 0 saturated carbocycles. The van der Waals surface area contributed by atoms with Gasteiger partial charge < -0.3 is 0 Å². The summed E-state index contributed by atoms with van der Waals surface area (Å²) in [6.07, 6.45) is 0. The van der Waals surface area contributed by atoms with E-state index in [4.69, 9.17) is 11.6 Å². The maximum Gasteiger partial charge on any atom is 0.261 e. The van der Waals surface area contributed by atoms with Crippen LogP contribution in [-0.4, -0.2) is 8.42 Å². The molecule has 2 aromatic carbocycles. The summed E-state index contributed by atoms with van der Waals surface area (Å²) in [6.45, 7) is 3.84. The maximum atomic E-state index is 12.3. The van der Waals surface area contributed by atoms with Crippen LogP contribution in [0.3, 0.4) is 0 Å². The molecule has 20 heavy (non-hydrogen) atoms. The molecule has 2 aromatic rings. The zero-order chi connectivity index (χ0) is 14.9. The lowest BCUT2D eigenvalue weighted by atomic mass is 10.1. The second-order valence-corrected chi connectivity index (χ2v) is 7.50. The van der Waals surface area contributed by atoms with Crippen molar-refractivity contribution < 1.29 is 8.42 Å². The second-order valence-electron chi connectivity index (χ2n) is 4.56. The first-order valence-corrected chi connectivity index (χ1v) is 8.49. The summed E-state index contributed by atoms with van der Waals surface area (Å²) < 4.78 is 27.7. The minimum atomic E-state index is -3.62. The van der Waals surface area contributed by atoms with Crippen LogP contribution in [0.15, 0.2) is 45.8 Å². The quantitative estimate of drug-likeness (QED) is 0.858. The van der Waals surface area contributed by atoms with Gasteiger partial charge in [0, 0.05) is 10.2 Å². The summed E-state index contributed by atoms with van der Waals surface area (Å²) in [5, 5.41) is 0.468. The Kier molecular flexibility index (Phi) is 4.42. The van der Waals surface area contributed by atoms with Crippen LogP contribution >= 0.6 is 27.5 Å². The van der Waals surface area contributed by atoms with E-state index in [9.17, 15) is 8.42 Å². The number of anilines is 1. The van der Waals surface area contributed by atoms with Crippen molar-refractivity contribution in [2.75, 3.05) is 4.72 Å². The van der Waals surface area contributed by atoms with Gasteiger partial charge in [0.2, 0.25) is 0 Å². The van der Waals surface area contributed by atoms with Crippen molar-refractivity contribution in [3.63, 3.8) is 0 Å². The standard InChI is InChI=1S/C14H13BrClNO2S/c1-9-5-10(2)7-11(6-9)17-20(18,19)12-3-4-14(16)13(15)8-12/h3-8,17H,1-2H3. The van der Waals surface area contributed by atoms with Gasteiger partial charge in [-0.1, -0.05) is 17.7 Å². The normalized spacial score (nSPS) is 11.4. The van der Waals surface area contributed by atoms with Gasteiger partial charge in [0.1, 0.15) is 0 Å². The van der Waals surface area contributed by atoms with Gasteiger partial charge in [0.15, 0.2) is 0 Å². The minimum absolute atomic E-state index is 0.160. The molecule has 0 saturated heterocycles. The number of aryl methyl sites for hydroxylation is 2. The van der Waals surface area contributed by atoms with E-state index in [-0.39, 0.29) is 4.90 Å². The molecule has 2 rings (SSSR count). The highest BCUT2D eigenvalue weighted by Crippen LogP contribution is 2.26. The molecule has 3 nitrogen and oxygen atoms in total. The third-order valence-electron chi connectivity index (χ3n) is 2.68. The molecule has 0 heterocycles. The third kappa shape index (κ3) is 3.53. The van der Waals surface area contributed by atoms with E-state index < -0.39 is 10.0 Å². The summed E-state index contributed by atoms with van der Waals surface area (Å²) in [6, 6.07) is 10.1. The lowest BCUT2D eigenvalue weighted by Crippen LogP contribution is -2.13. The fourth-order valence-electron chi connectivity index (χ4n) is 1.89. The van der Waals surface area contributed by atoms with E-state index in [1.54, 1.807) is 18.2 Å². The monoisotopic (exact) mass is 373 g/mol. The van der Waals surface area contributed by atoms with Crippen molar-refractivity contribution in [3.8, 4) is 0 Å². The zero-order valence-corrected chi connectivity index (χ0v) is 14.1. The summed E-state index contributed by atoms with van der Waals surface area (Å²) in [5.41, 5.74) is 2.55. The van der Waals surface area contributed by atoms with Gasteiger partial charge in [-0.25, -0.2) is 8.42 Å². The van der Waals surface area contributed by atoms with Gasteiger partial charge in [0.25, 0.3) is 10.0 Å². The molecule has 0 radical (unpaired) electrons.